The average molecular weight is 348 g/mol. The van der Waals surface area contributed by atoms with Crippen molar-refractivity contribution in [3.63, 3.8) is 0 Å². The molecule has 0 saturated heterocycles. The lowest BCUT2D eigenvalue weighted by molar-refractivity contribution is 0.292. The predicted molar refractivity (Wildman–Crippen MR) is 91.6 cm³/mol. The van der Waals surface area contributed by atoms with E-state index in [0.717, 1.165) is 31.6 Å². The third-order valence-corrected chi connectivity index (χ3v) is 4.34. The van der Waals surface area contributed by atoms with Crippen LogP contribution in [0.1, 0.15) is 18.4 Å². The average Bonchev–Trinajstić information content (AvgIpc) is 2.53. The van der Waals surface area contributed by atoms with Crippen LogP contribution in [0.5, 0.6) is 5.75 Å². The molecule has 0 spiro atoms. The fourth-order valence-corrected chi connectivity index (χ4v) is 2.80. The molecule has 0 amide bonds. The van der Waals surface area contributed by atoms with E-state index in [1.165, 1.54) is 10.0 Å². The van der Waals surface area contributed by atoms with Gasteiger partial charge in [0.25, 0.3) is 0 Å². The summed E-state index contributed by atoms with van der Waals surface area (Å²) in [5.74, 6) is 1.44. The van der Waals surface area contributed by atoms with Gasteiger partial charge in [-0.2, -0.15) is 0 Å². The first-order valence-corrected chi connectivity index (χ1v) is 8.20. The maximum atomic E-state index is 5.91. The van der Waals surface area contributed by atoms with Crippen LogP contribution in [0.3, 0.4) is 0 Å². The summed E-state index contributed by atoms with van der Waals surface area (Å²) in [6, 6.07) is 18.3. The third kappa shape index (κ3) is 5.52. The predicted octanol–water partition coefficient (Wildman–Crippen LogP) is 4.43. The van der Waals surface area contributed by atoms with Gasteiger partial charge in [-0.1, -0.05) is 52.3 Å². The minimum absolute atomic E-state index is 0.503. The van der Waals surface area contributed by atoms with Crippen LogP contribution in [-0.4, -0.2) is 13.2 Å². The zero-order chi connectivity index (χ0) is 14.9. The summed E-state index contributed by atoms with van der Waals surface area (Å²) in [6.07, 6.45) is 3.13. The standard InChI is InChI=1S/C18H22BrNO/c19-18-11-5-4-8-16(18)13-15(14-20)7-6-12-21-17-9-2-1-3-10-17/h1-5,8-11,15H,6-7,12-14,20H2. The second kappa shape index (κ2) is 8.85. The monoisotopic (exact) mass is 347 g/mol. The van der Waals surface area contributed by atoms with E-state index < -0.39 is 0 Å². The van der Waals surface area contributed by atoms with Gasteiger partial charge >= 0.3 is 0 Å². The molecule has 0 bridgehead atoms. The summed E-state index contributed by atoms with van der Waals surface area (Å²) in [5.41, 5.74) is 7.24. The molecule has 2 aromatic carbocycles. The van der Waals surface area contributed by atoms with E-state index in [1.807, 2.05) is 36.4 Å². The van der Waals surface area contributed by atoms with E-state index in [2.05, 4.69) is 34.1 Å². The highest BCUT2D eigenvalue weighted by Gasteiger charge is 2.09. The summed E-state index contributed by atoms with van der Waals surface area (Å²) in [7, 11) is 0. The van der Waals surface area contributed by atoms with Gasteiger partial charge in [0.1, 0.15) is 5.75 Å². The third-order valence-electron chi connectivity index (χ3n) is 3.57. The molecule has 2 nitrogen and oxygen atoms in total. The molecule has 0 aromatic heterocycles. The van der Waals surface area contributed by atoms with Gasteiger partial charge < -0.3 is 10.5 Å². The molecule has 1 atom stereocenters. The SMILES string of the molecule is NCC(CCCOc1ccccc1)Cc1ccccc1Br. The molecule has 0 radical (unpaired) electrons. The van der Waals surface area contributed by atoms with Gasteiger partial charge in [0.05, 0.1) is 6.61 Å². The molecular formula is C18H22BrNO. The Morgan fingerprint density at radius 1 is 1.00 bits per heavy atom. The number of ether oxygens (including phenoxy) is 1. The van der Waals surface area contributed by atoms with Gasteiger partial charge in [0.15, 0.2) is 0 Å². The van der Waals surface area contributed by atoms with Gasteiger partial charge in [-0.25, -0.2) is 0 Å². The van der Waals surface area contributed by atoms with Crippen molar-refractivity contribution in [2.75, 3.05) is 13.2 Å². The molecule has 2 rings (SSSR count). The van der Waals surface area contributed by atoms with Crippen molar-refractivity contribution in [1.29, 1.82) is 0 Å². The molecule has 0 heterocycles. The quantitative estimate of drug-likeness (QED) is 0.717. The highest BCUT2D eigenvalue weighted by molar-refractivity contribution is 9.10. The van der Waals surface area contributed by atoms with E-state index in [-0.39, 0.29) is 0 Å². The molecule has 112 valence electrons. The lowest BCUT2D eigenvalue weighted by Gasteiger charge is -2.16. The Kier molecular flexibility index (Phi) is 6.77. The van der Waals surface area contributed by atoms with E-state index in [1.54, 1.807) is 0 Å². The molecule has 0 aliphatic carbocycles. The molecular weight excluding hydrogens is 326 g/mol. The Morgan fingerprint density at radius 3 is 2.43 bits per heavy atom. The molecule has 0 aliphatic heterocycles. The van der Waals surface area contributed by atoms with E-state index >= 15 is 0 Å². The Morgan fingerprint density at radius 2 is 1.71 bits per heavy atom. The van der Waals surface area contributed by atoms with Crippen molar-refractivity contribution in [1.82, 2.24) is 0 Å². The van der Waals surface area contributed by atoms with Gasteiger partial charge in [0, 0.05) is 4.47 Å². The summed E-state index contributed by atoms with van der Waals surface area (Å²) in [4.78, 5) is 0. The molecule has 0 fully saturated rings. The topological polar surface area (TPSA) is 35.2 Å². The number of para-hydroxylation sites is 1. The number of halogens is 1. The Hall–Kier alpha value is -1.32. The molecule has 3 heteroatoms. The molecule has 0 saturated carbocycles. The summed E-state index contributed by atoms with van der Waals surface area (Å²) in [6.45, 7) is 1.46. The van der Waals surface area contributed by atoms with Crippen LogP contribution >= 0.6 is 15.9 Å². The lowest BCUT2D eigenvalue weighted by atomic mass is 9.95. The van der Waals surface area contributed by atoms with Crippen LogP contribution in [0.15, 0.2) is 59.1 Å². The zero-order valence-corrected chi connectivity index (χ0v) is 13.8. The number of hydrogen-bond acceptors (Lipinski definition) is 2. The maximum absolute atomic E-state index is 5.91. The second-order valence-electron chi connectivity index (χ2n) is 5.20. The highest BCUT2D eigenvalue weighted by Crippen LogP contribution is 2.21. The van der Waals surface area contributed by atoms with E-state index in [9.17, 15) is 0 Å². The van der Waals surface area contributed by atoms with Gasteiger partial charge in [0.2, 0.25) is 0 Å². The van der Waals surface area contributed by atoms with Gasteiger partial charge in [-0.05, 0) is 55.5 Å². The van der Waals surface area contributed by atoms with Crippen LogP contribution in [0.2, 0.25) is 0 Å². The molecule has 2 aromatic rings. The number of hydrogen-bond donors (Lipinski definition) is 1. The van der Waals surface area contributed by atoms with E-state index in [4.69, 9.17) is 10.5 Å². The van der Waals surface area contributed by atoms with E-state index in [0.29, 0.717) is 12.5 Å². The van der Waals surface area contributed by atoms with Crippen molar-refractivity contribution < 1.29 is 4.74 Å². The van der Waals surface area contributed by atoms with Crippen LogP contribution in [0.4, 0.5) is 0 Å². The Bertz CT molecular complexity index is 530. The van der Waals surface area contributed by atoms with Gasteiger partial charge in [-0.15, -0.1) is 0 Å². The normalized spacial score (nSPS) is 12.1. The second-order valence-corrected chi connectivity index (χ2v) is 6.06. The van der Waals surface area contributed by atoms with Crippen LogP contribution < -0.4 is 10.5 Å². The van der Waals surface area contributed by atoms with Crippen LogP contribution in [0.25, 0.3) is 0 Å². The molecule has 1 unspecified atom stereocenters. The fourth-order valence-electron chi connectivity index (χ4n) is 2.36. The van der Waals surface area contributed by atoms with Crippen molar-refractivity contribution >= 4 is 15.9 Å². The van der Waals surface area contributed by atoms with Crippen LogP contribution in [0, 0.1) is 5.92 Å². The molecule has 21 heavy (non-hydrogen) atoms. The number of nitrogens with two attached hydrogens (primary N) is 1. The lowest BCUT2D eigenvalue weighted by Crippen LogP contribution is -2.18. The Balaban J connectivity index is 1.74. The van der Waals surface area contributed by atoms with Crippen LogP contribution in [-0.2, 0) is 6.42 Å². The first kappa shape index (κ1) is 16.1. The molecule has 0 aliphatic rings. The number of rotatable bonds is 8. The van der Waals surface area contributed by atoms with Crippen molar-refractivity contribution in [3.8, 4) is 5.75 Å². The minimum Gasteiger partial charge on any atom is -0.494 e. The highest BCUT2D eigenvalue weighted by atomic mass is 79.9. The minimum atomic E-state index is 0.503. The van der Waals surface area contributed by atoms with Crippen molar-refractivity contribution in [2.45, 2.75) is 19.3 Å². The first-order valence-electron chi connectivity index (χ1n) is 7.41. The Labute approximate surface area is 135 Å². The summed E-state index contributed by atoms with van der Waals surface area (Å²) in [5, 5.41) is 0. The summed E-state index contributed by atoms with van der Waals surface area (Å²) < 4.78 is 6.90. The number of benzene rings is 2. The molecule has 2 N–H and O–H groups in total. The van der Waals surface area contributed by atoms with Crippen molar-refractivity contribution in [3.05, 3.63) is 64.6 Å². The first-order chi connectivity index (χ1) is 10.3. The van der Waals surface area contributed by atoms with Crippen molar-refractivity contribution in [2.24, 2.45) is 11.7 Å². The van der Waals surface area contributed by atoms with Gasteiger partial charge in [-0.3, -0.25) is 0 Å². The smallest absolute Gasteiger partial charge is 0.119 e. The summed E-state index contributed by atoms with van der Waals surface area (Å²) >= 11 is 3.60. The maximum Gasteiger partial charge on any atom is 0.119 e. The zero-order valence-electron chi connectivity index (χ0n) is 12.2. The largest absolute Gasteiger partial charge is 0.494 e. The fraction of sp³-hybridized carbons (Fsp3) is 0.333.